The van der Waals surface area contributed by atoms with Crippen LogP contribution in [0.3, 0.4) is 0 Å². The SMILES string of the molecule is COc1cnn(-c2ccc(F)cc2)c1. The lowest BCUT2D eigenvalue weighted by molar-refractivity contribution is 0.414. The van der Waals surface area contributed by atoms with Crippen LogP contribution < -0.4 is 4.74 Å². The monoisotopic (exact) mass is 192 g/mol. The largest absolute Gasteiger partial charge is 0.493 e. The molecular weight excluding hydrogens is 183 g/mol. The van der Waals surface area contributed by atoms with Gasteiger partial charge in [-0.25, -0.2) is 9.07 Å². The molecule has 2 rings (SSSR count). The standard InChI is InChI=1S/C10H9FN2O/c1-14-10-6-12-13(7-10)9-4-2-8(11)3-5-9/h2-7H,1H3. The molecule has 0 unspecified atom stereocenters. The van der Waals surface area contributed by atoms with Crippen molar-refractivity contribution in [3.05, 3.63) is 42.5 Å². The summed E-state index contributed by atoms with van der Waals surface area (Å²) in [4.78, 5) is 0. The maximum atomic E-state index is 12.6. The third kappa shape index (κ3) is 1.59. The second-order valence-corrected chi connectivity index (χ2v) is 2.80. The molecule has 1 heterocycles. The Kier molecular flexibility index (Phi) is 2.18. The van der Waals surface area contributed by atoms with Gasteiger partial charge in [0.1, 0.15) is 5.82 Å². The average molecular weight is 192 g/mol. The van der Waals surface area contributed by atoms with Crippen molar-refractivity contribution in [2.24, 2.45) is 0 Å². The highest BCUT2D eigenvalue weighted by Gasteiger charge is 2.00. The average Bonchev–Trinajstić information content (AvgIpc) is 2.67. The van der Waals surface area contributed by atoms with Crippen molar-refractivity contribution in [3.63, 3.8) is 0 Å². The van der Waals surface area contributed by atoms with E-state index < -0.39 is 0 Å². The molecule has 3 nitrogen and oxygen atoms in total. The summed E-state index contributed by atoms with van der Waals surface area (Å²) >= 11 is 0. The Bertz CT molecular complexity index is 422. The first-order valence-corrected chi connectivity index (χ1v) is 4.14. The Hall–Kier alpha value is -1.84. The third-order valence-electron chi connectivity index (χ3n) is 1.89. The summed E-state index contributed by atoms with van der Waals surface area (Å²) < 4.78 is 19.2. The summed E-state index contributed by atoms with van der Waals surface area (Å²) in [6.07, 6.45) is 3.33. The molecule has 1 aromatic carbocycles. The maximum Gasteiger partial charge on any atom is 0.157 e. The Morgan fingerprint density at radius 3 is 2.57 bits per heavy atom. The summed E-state index contributed by atoms with van der Waals surface area (Å²) in [5.74, 6) is 0.419. The summed E-state index contributed by atoms with van der Waals surface area (Å²) in [7, 11) is 1.58. The molecular formula is C10H9FN2O. The van der Waals surface area contributed by atoms with Gasteiger partial charge >= 0.3 is 0 Å². The van der Waals surface area contributed by atoms with Crippen LogP contribution in [0.5, 0.6) is 5.75 Å². The first-order valence-electron chi connectivity index (χ1n) is 4.14. The minimum absolute atomic E-state index is 0.257. The first-order chi connectivity index (χ1) is 6.79. The quantitative estimate of drug-likeness (QED) is 0.727. The van der Waals surface area contributed by atoms with Crippen LogP contribution in [-0.4, -0.2) is 16.9 Å². The normalized spacial score (nSPS) is 10.1. The molecule has 0 amide bonds. The maximum absolute atomic E-state index is 12.6. The van der Waals surface area contributed by atoms with Crippen molar-refractivity contribution in [2.75, 3.05) is 7.11 Å². The summed E-state index contributed by atoms with van der Waals surface area (Å²) in [6, 6.07) is 6.09. The molecule has 0 aliphatic rings. The van der Waals surface area contributed by atoms with Gasteiger partial charge in [-0.15, -0.1) is 0 Å². The number of benzene rings is 1. The van der Waals surface area contributed by atoms with Crippen molar-refractivity contribution < 1.29 is 9.13 Å². The van der Waals surface area contributed by atoms with Crippen molar-refractivity contribution in [1.82, 2.24) is 9.78 Å². The van der Waals surface area contributed by atoms with E-state index in [1.807, 2.05) is 0 Å². The third-order valence-corrected chi connectivity index (χ3v) is 1.89. The van der Waals surface area contributed by atoms with Crippen LogP contribution in [-0.2, 0) is 0 Å². The molecule has 2 aromatic rings. The van der Waals surface area contributed by atoms with Crippen LogP contribution in [0.2, 0.25) is 0 Å². The first kappa shape index (κ1) is 8.74. The zero-order valence-corrected chi connectivity index (χ0v) is 7.64. The van der Waals surface area contributed by atoms with Gasteiger partial charge in [-0.05, 0) is 24.3 Å². The molecule has 0 saturated carbocycles. The molecule has 0 atom stereocenters. The molecule has 0 bridgehead atoms. The van der Waals surface area contributed by atoms with Crippen molar-refractivity contribution in [2.45, 2.75) is 0 Å². The number of rotatable bonds is 2. The predicted octanol–water partition coefficient (Wildman–Crippen LogP) is 2.02. The summed E-state index contributed by atoms with van der Waals surface area (Å²) in [6.45, 7) is 0. The van der Waals surface area contributed by atoms with Gasteiger partial charge in [-0.1, -0.05) is 0 Å². The zero-order valence-electron chi connectivity index (χ0n) is 7.64. The number of ether oxygens (including phenoxy) is 1. The minimum atomic E-state index is -0.257. The van der Waals surface area contributed by atoms with Crippen LogP contribution in [0.1, 0.15) is 0 Å². The molecule has 0 fully saturated rings. The fraction of sp³-hybridized carbons (Fsp3) is 0.100. The lowest BCUT2D eigenvalue weighted by Crippen LogP contribution is -1.93. The number of methoxy groups -OCH3 is 1. The van der Waals surface area contributed by atoms with Crippen LogP contribution in [0, 0.1) is 5.82 Å². The van der Waals surface area contributed by atoms with Crippen LogP contribution in [0.15, 0.2) is 36.7 Å². The Morgan fingerprint density at radius 2 is 2.00 bits per heavy atom. The molecule has 4 heteroatoms. The van der Waals surface area contributed by atoms with Crippen molar-refractivity contribution in [3.8, 4) is 11.4 Å². The van der Waals surface area contributed by atoms with E-state index in [2.05, 4.69) is 5.10 Å². The van der Waals surface area contributed by atoms with Crippen LogP contribution in [0.25, 0.3) is 5.69 Å². The van der Waals surface area contributed by atoms with Gasteiger partial charge in [0.25, 0.3) is 0 Å². The van der Waals surface area contributed by atoms with E-state index in [0.29, 0.717) is 5.75 Å². The van der Waals surface area contributed by atoms with E-state index in [4.69, 9.17) is 4.74 Å². The van der Waals surface area contributed by atoms with Gasteiger partial charge in [0, 0.05) is 0 Å². The molecule has 0 N–H and O–H groups in total. The smallest absolute Gasteiger partial charge is 0.157 e. The second-order valence-electron chi connectivity index (χ2n) is 2.80. The van der Waals surface area contributed by atoms with E-state index in [9.17, 15) is 4.39 Å². The molecule has 72 valence electrons. The highest BCUT2D eigenvalue weighted by molar-refractivity contribution is 5.32. The number of aromatic nitrogens is 2. The van der Waals surface area contributed by atoms with Crippen LogP contribution >= 0.6 is 0 Å². The Balaban J connectivity index is 2.34. The fourth-order valence-electron chi connectivity index (χ4n) is 1.15. The van der Waals surface area contributed by atoms with E-state index in [1.165, 1.54) is 12.1 Å². The summed E-state index contributed by atoms with van der Waals surface area (Å²) in [5.41, 5.74) is 0.801. The van der Waals surface area contributed by atoms with Gasteiger partial charge in [0.05, 0.1) is 25.2 Å². The molecule has 0 aliphatic heterocycles. The van der Waals surface area contributed by atoms with Crippen LogP contribution in [0.4, 0.5) is 4.39 Å². The zero-order chi connectivity index (χ0) is 9.97. The van der Waals surface area contributed by atoms with E-state index >= 15 is 0 Å². The Morgan fingerprint density at radius 1 is 1.29 bits per heavy atom. The topological polar surface area (TPSA) is 27.1 Å². The second kappa shape index (κ2) is 3.49. The molecule has 0 radical (unpaired) electrons. The summed E-state index contributed by atoms with van der Waals surface area (Å²) in [5, 5.41) is 4.06. The van der Waals surface area contributed by atoms with E-state index in [1.54, 1.807) is 36.3 Å². The molecule has 0 saturated heterocycles. The minimum Gasteiger partial charge on any atom is -0.493 e. The van der Waals surface area contributed by atoms with Crippen molar-refractivity contribution >= 4 is 0 Å². The van der Waals surface area contributed by atoms with Gasteiger partial charge < -0.3 is 4.74 Å². The van der Waals surface area contributed by atoms with Gasteiger partial charge in [0.2, 0.25) is 0 Å². The Labute approximate surface area is 80.7 Å². The lowest BCUT2D eigenvalue weighted by Gasteiger charge is -1.99. The lowest BCUT2D eigenvalue weighted by atomic mass is 10.3. The molecule has 1 aromatic heterocycles. The number of hydrogen-bond acceptors (Lipinski definition) is 2. The van der Waals surface area contributed by atoms with E-state index in [0.717, 1.165) is 5.69 Å². The van der Waals surface area contributed by atoms with Crippen molar-refractivity contribution in [1.29, 1.82) is 0 Å². The van der Waals surface area contributed by atoms with Gasteiger partial charge in [-0.2, -0.15) is 5.10 Å². The highest BCUT2D eigenvalue weighted by Crippen LogP contribution is 2.13. The molecule has 14 heavy (non-hydrogen) atoms. The molecule has 0 aliphatic carbocycles. The highest BCUT2D eigenvalue weighted by atomic mass is 19.1. The van der Waals surface area contributed by atoms with E-state index in [-0.39, 0.29) is 5.82 Å². The van der Waals surface area contributed by atoms with Gasteiger partial charge in [0.15, 0.2) is 5.75 Å². The fourth-order valence-corrected chi connectivity index (χ4v) is 1.15. The number of hydrogen-bond donors (Lipinski definition) is 0. The van der Waals surface area contributed by atoms with Gasteiger partial charge in [-0.3, -0.25) is 0 Å². The number of nitrogens with zero attached hydrogens (tertiary/aromatic N) is 2. The number of halogens is 1. The predicted molar refractivity (Wildman–Crippen MR) is 50.1 cm³/mol. The molecule has 0 spiro atoms.